The van der Waals surface area contributed by atoms with Crippen LogP contribution in [-0.2, 0) is 16.0 Å². The van der Waals surface area contributed by atoms with Gasteiger partial charge >= 0.3 is 6.09 Å². The summed E-state index contributed by atoms with van der Waals surface area (Å²) in [5, 5.41) is 0. The van der Waals surface area contributed by atoms with Crippen molar-refractivity contribution in [1.82, 2.24) is 4.90 Å². The Hall–Kier alpha value is -1.43. The minimum Gasteiger partial charge on any atom is -0.444 e. The van der Waals surface area contributed by atoms with Gasteiger partial charge < -0.3 is 9.64 Å². The maximum atomic E-state index is 13.4. The Kier molecular flexibility index (Phi) is 5.45. The Labute approximate surface area is 144 Å². The number of carbonyl (C=O) groups excluding carboxylic acids is 2. The first kappa shape index (κ1) is 17.9. The van der Waals surface area contributed by atoms with Crippen molar-refractivity contribution in [1.29, 1.82) is 0 Å². The van der Waals surface area contributed by atoms with E-state index in [4.69, 9.17) is 4.74 Å². The van der Waals surface area contributed by atoms with Crippen LogP contribution in [0.25, 0.3) is 0 Å². The summed E-state index contributed by atoms with van der Waals surface area (Å²) in [6, 6.07) is 4.46. The topological polar surface area (TPSA) is 46.6 Å². The molecule has 0 radical (unpaired) electrons. The number of halogens is 2. The summed E-state index contributed by atoms with van der Waals surface area (Å²) < 4.78 is 19.3. The summed E-state index contributed by atoms with van der Waals surface area (Å²) in [4.78, 5) is 26.0. The van der Waals surface area contributed by atoms with Crippen LogP contribution >= 0.6 is 15.9 Å². The molecule has 0 bridgehead atoms. The molecule has 0 N–H and O–H groups in total. The number of ether oxygens (including phenoxy) is 1. The third-order valence-corrected chi connectivity index (χ3v) is 4.05. The van der Waals surface area contributed by atoms with Crippen LogP contribution in [0.1, 0.15) is 32.8 Å². The van der Waals surface area contributed by atoms with Crippen molar-refractivity contribution < 1.29 is 18.7 Å². The van der Waals surface area contributed by atoms with Gasteiger partial charge in [0.15, 0.2) is 0 Å². The molecule has 2 rings (SSSR count). The fourth-order valence-electron chi connectivity index (χ4n) is 2.57. The highest BCUT2D eigenvalue weighted by Crippen LogP contribution is 2.23. The van der Waals surface area contributed by atoms with Crippen molar-refractivity contribution >= 4 is 27.8 Å². The number of Topliss-reactive ketones (excluding diaryl/α,β-unsaturated/α-hetero) is 1. The van der Waals surface area contributed by atoms with Crippen molar-refractivity contribution in [2.45, 2.75) is 39.2 Å². The van der Waals surface area contributed by atoms with Gasteiger partial charge in [-0.2, -0.15) is 0 Å². The van der Waals surface area contributed by atoms with E-state index in [0.717, 1.165) is 0 Å². The molecule has 0 aromatic heterocycles. The lowest BCUT2D eigenvalue weighted by atomic mass is 9.97. The molecule has 1 heterocycles. The van der Waals surface area contributed by atoms with Crippen molar-refractivity contribution in [3.63, 3.8) is 0 Å². The number of rotatable bonds is 3. The normalized spacial score (nSPS) is 18.1. The zero-order valence-electron chi connectivity index (χ0n) is 13.6. The monoisotopic (exact) mass is 385 g/mol. The molecule has 126 valence electrons. The second kappa shape index (κ2) is 6.99. The predicted molar refractivity (Wildman–Crippen MR) is 88.7 cm³/mol. The lowest BCUT2D eigenvalue weighted by Crippen LogP contribution is -2.36. The summed E-state index contributed by atoms with van der Waals surface area (Å²) in [5.41, 5.74) is 0.0881. The molecule has 4 nitrogen and oxygen atoms in total. The van der Waals surface area contributed by atoms with E-state index in [1.807, 2.05) is 20.8 Å². The molecule has 1 aliphatic rings. The number of likely N-dealkylation sites (tertiary alicyclic amines) is 1. The highest BCUT2D eigenvalue weighted by molar-refractivity contribution is 9.10. The number of benzene rings is 1. The summed E-state index contributed by atoms with van der Waals surface area (Å²) in [6.45, 7) is 6.31. The smallest absolute Gasteiger partial charge is 0.410 e. The lowest BCUT2D eigenvalue weighted by molar-refractivity contribution is -0.121. The van der Waals surface area contributed by atoms with Gasteiger partial charge in [-0.25, -0.2) is 9.18 Å². The Morgan fingerprint density at radius 3 is 2.65 bits per heavy atom. The minimum absolute atomic E-state index is 0.0218. The zero-order valence-corrected chi connectivity index (χ0v) is 15.2. The molecule has 23 heavy (non-hydrogen) atoms. The molecule has 0 aliphatic carbocycles. The van der Waals surface area contributed by atoms with E-state index in [1.165, 1.54) is 12.1 Å². The van der Waals surface area contributed by atoms with Crippen molar-refractivity contribution in [2.75, 3.05) is 13.1 Å². The highest BCUT2D eigenvalue weighted by Gasteiger charge is 2.33. The van der Waals surface area contributed by atoms with Crippen molar-refractivity contribution in [2.24, 2.45) is 5.92 Å². The first-order valence-corrected chi connectivity index (χ1v) is 8.39. The van der Waals surface area contributed by atoms with Crippen molar-refractivity contribution in [3.8, 4) is 0 Å². The van der Waals surface area contributed by atoms with Crippen LogP contribution in [-0.4, -0.2) is 35.5 Å². The van der Waals surface area contributed by atoms with E-state index in [1.54, 1.807) is 11.0 Å². The van der Waals surface area contributed by atoms with Gasteiger partial charge in [-0.1, -0.05) is 15.9 Å². The average Bonchev–Trinajstić information content (AvgIpc) is 2.84. The van der Waals surface area contributed by atoms with Crippen LogP contribution in [0.4, 0.5) is 9.18 Å². The number of carbonyl (C=O) groups is 2. The molecule has 1 aromatic rings. The van der Waals surface area contributed by atoms with Crippen LogP contribution in [0, 0.1) is 11.7 Å². The molecular weight excluding hydrogens is 365 g/mol. The quantitative estimate of drug-likeness (QED) is 0.790. The first-order valence-electron chi connectivity index (χ1n) is 7.59. The van der Waals surface area contributed by atoms with Gasteiger partial charge in [0, 0.05) is 29.9 Å². The van der Waals surface area contributed by atoms with Gasteiger partial charge in [-0.05, 0) is 51.0 Å². The molecule has 1 amide bonds. The van der Waals surface area contributed by atoms with Crippen LogP contribution < -0.4 is 0 Å². The van der Waals surface area contributed by atoms with Gasteiger partial charge in [0.2, 0.25) is 0 Å². The number of hydrogen-bond donors (Lipinski definition) is 0. The van der Waals surface area contributed by atoms with Crippen LogP contribution in [0.15, 0.2) is 22.7 Å². The SMILES string of the molecule is CC(C)(C)OC(=O)N1CCC(C(=O)Cc2cc(F)cc(Br)c2)C1. The highest BCUT2D eigenvalue weighted by atomic mass is 79.9. The van der Waals surface area contributed by atoms with Crippen LogP contribution in [0.2, 0.25) is 0 Å². The largest absolute Gasteiger partial charge is 0.444 e. The molecule has 1 saturated heterocycles. The van der Waals surface area contributed by atoms with E-state index in [9.17, 15) is 14.0 Å². The molecule has 1 atom stereocenters. The number of nitrogens with zero attached hydrogens (tertiary/aromatic N) is 1. The van der Waals surface area contributed by atoms with E-state index in [0.29, 0.717) is 29.5 Å². The first-order chi connectivity index (χ1) is 10.6. The fraction of sp³-hybridized carbons (Fsp3) is 0.529. The third kappa shape index (κ3) is 5.30. The second-order valence-corrected chi connectivity index (χ2v) is 7.75. The fourth-order valence-corrected chi connectivity index (χ4v) is 3.09. The Bertz CT molecular complexity index is 592. The Morgan fingerprint density at radius 1 is 1.35 bits per heavy atom. The standard InChI is InChI=1S/C17H21BrFNO3/c1-17(2,3)23-16(22)20-5-4-12(10-20)15(21)8-11-6-13(18)9-14(19)7-11/h6-7,9,12H,4-5,8,10H2,1-3H3. The number of amides is 1. The molecule has 1 unspecified atom stereocenters. The van der Waals surface area contributed by atoms with Crippen molar-refractivity contribution in [3.05, 3.63) is 34.1 Å². The maximum Gasteiger partial charge on any atom is 0.410 e. The third-order valence-electron chi connectivity index (χ3n) is 3.60. The number of hydrogen-bond acceptors (Lipinski definition) is 3. The number of ketones is 1. The molecule has 1 aromatic carbocycles. The van der Waals surface area contributed by atoms with Gasteiger partial charge in [0.25, 0.3) is 0 Å². The van der Waals surface area contributed by atoms with Crippen LogP contribution in [0.3, 0.4) is 0 Å². The molecule has 0 spiro atoms. The summed E-state index contributed by atoms with van der Waals surface area (Å²) in [5.74, 6) is -0.568. The van der Waals surface area contributed by atoms with Gasteiger partial charge in [0.1, 0.15) is 17.2 Å². The maximum absolute atomic E-state index is 13.4. The van der Waals surface area contributed by atoms with Gasteiger partial charge in [-0.15, -0.1) is 0 Å². The summed E-state index contributed by atoms with van der Waals surface area (Å²) in [6.07, 6.45) is 0.402. The zero-order chi connectivity index (χ0) is 17.2. The second-order valence-electron chi connectivity index (χ2n) is 6.83. The average molecular weight is 386 g/mol. The molecule has 1 fully saturated rings. The molecule has 0 saturated carbocycles. The van der Waals surface area contributed by atoms with E-state index in [2.05, 4.69) is 15.9 Å². The summed E-state index contributed by atoms with van der Waals surface area (Å²) in [7, 11) is 0. The van der Waals surface area contributed by atoms with Crippen LogP contribution in [0.5, 0.6) is 0 Å². The van der Waals surface area contributed by atoms with E-state index < -0.39 is 5.60 Å². The van der Waals surface area contributed by atoms with Gasteiger partial charge in [-0.3, -0.25) is 4.79 Å². The predicted octanol–water partition coefficient (Wildman–Crippen LogP) is 3.96. The minimum atomic E-state index is -0.549. The Balaban J connectivity index is 1.93. The molecule has 6 heteroatoms. The van der Waals surface area contributed by atoms with E-state index >= 15 is 0 Å². The lowest BCUT2D eigenvalue weighted by Gasteiger charge is -2.24. The molecular formula is C17H21BrFNO3. The molecule has 1 aliphatic heterocycles. The van der Waals surface area contributed by atoms with E-state index in [-0.39, 0.29) is 30.0 Å². The van der Waals surface area contributed by atoms with Gasteiger partial charge in [0.05, 0.1) is 0 Å². The Morgan fingerprint density at radius 2 is 2.04 bits per heavy atom. The summed E-state index contributed by atoms with van der Waals surface area (Å²) >= 11 is 3.22.